The molecule has 0 spiro atoms. The van der Waals surface area contributed by atoms with E-state index in [-0.39, 0.29) is 55.3 Å². The zero-order valence-corrected chi connectivity index (χ0v) is 20.0. The van der Waals surface area contributed by atoms with Gasteiger partial charge in [0.2, 0.25) is 11.7 Å². The van der Waals surface area contributed by atoms with Gasteiger partial charge in [-0.1, -0.05) is 11.6 Å². The van der Waals surface area contributed by atoms with E-state index in [0.717, 1.165) is 4.57 Å². The molecule has 0 saturated carbocycles. The van der Waals surface area contributed by atoms with E-state index in [2.05, 4.69) is 4.98 Å². The summed E-state index contributed by atoms with van der Waals surface area (Å²) in [6, 6.07) is 1.07. The third-order valence-corrected chi connectivity index (χ3v) is 6.09. The lowest BCUT2D eigenvalue weighted by atomic mass is 9.85. The van der Waals surface area contributed by atoms with E-state index in [1.165, 1.54) is 18.7 Å². The van der Waals surface area contributed by atoms with Gasteiger partial charge in [0.25, 0.3) is 0 Å². The molecule has 0 saturated heterocycles. The van der Waals surface area contributed by atoms with Crippen molar-refractivity contribution in [1.29, 1.82) is 0 Å². The summed E-state index contributed by atoms with van der Waals surface area (Å²) in [5.74, 6) is -6.07. The van der Waals surface area contributed by atoms with Gasteiger partial charge < -0.3 is 19.9 Å². The molecule has 1 aromatic carbocycles. The summed E-state index contributed by atoms with van der Waals surface area (Å²) in [4.78, 5) is 29.0. The van der Waals surface area contributed by atoms with Crippen LogP contribution in [0.25, 0.3) is 0 Å². The number of imidazole rings is 1. The second-order valence-electron chi connectivity index (χ2n) is 9.15. The highest BCUT2D eigenvalue weighted by molar-refractivity contribution is 6.30. The zero-order chi connectivity index (χ0) is 27.0. The van der Waals surface area contributed by atoms with Crippen LogP contribution in [-0.2, 0) is 35.2 Å². The SMILES string of the molecule is CC(C)(C[C@H](CC(=O)N1CCn2c(C(F)(F)F)nc(Cl)c2C1)Cc1cc(F)c(F)cc1F)OC(N)=O. The van der Waals surface area contributed by atoms with Crippen molar-refractivity contribution in [2.75, 3.05) is 6.54 Å². The van der Waals surface area contributed by atoms with Gasteiger partial charge in [0, 0.05) is 25.6 Å². The quantitative estimate of drug-likeness (QED) is 0.402. The van der Waals surface area contributed by atoms with Crippen LogP contribution in [-0.4, -0.2) is 38.6 Å². The Morgan fingerprint density at radius 2 is 1.78 bits per heavy atom. The molecule has 0 radical (unpaired) electrons. The fourth-order valence-corrected chi connectivity index (χ4v) is 4.63. The minimum atomic E-state index is -4.72. The van der Waals surface area contributed by atoms with Crippen LogP contribution in [0.15, 0.2) is 12.1 Å². The van der Waals surface area contributed by atoms with Gasteiger partial charge in [-0.15, -0.1) is 0 Å². The maximum absolute atomic E-state index is 14.3. The van der Waals surface area contributed by atoms with Crippen molar-refractivity contribution in [3.05, 3.63) is 51.8 Å². The molecule has 1 aliphatic heterocycles. The molecule has 198 valence electrons. The molecule has 1 aliphatic rings. The van der Waals surface area contributed by atoms with E-state index in [1.54, 1.807) is 0 Å². The predicted molar refractivity (Wildman–Crippen MR) is 115 cm³/mol. The lowest BCUT2D eigenvalue weighted by Crippen LogP contribution is -2.41. The van der Waals surface area contributed by atoms with E-state index in [0.29, 0.717) is 12.1 Å². The number of hydrogen-bond acceptors (Lipinski definition) is 4. The number of nitrogens with zero attached hydrogens (tertiary/aromatic N) is 3. The number of alkyl halides is 3. The highest BCUT2D eigenvalue weighted by Crippen LogP contribution is 2.34. The molecule has 36 heavy (non-hydrogen) atoms. The van der Waals surface area contributed by atoms with Crippen molar-refractivity contribution in [1.82, 2.24) is 14.5 Å². The summed E-state index contributed by atoms with van der Waals surface area (Å²) in [7, 11) is 0. The number of ether oxygens (including phenoxy) is 1. The number of nitrogens with two attached hydrogens (primary N) is 1. The lowest BCUT2D eigenvalue weighted by Gasteiger charge is -2.33. The second-order valence-corrected chi connectivity index (χ2v) is 9.51. The first-order chi connectivity index (χ1) is 16.6. The molecule has 0 aliphatic carbocycles. The molecule has 1 atom stereocenters. The maximum atomic E-state index is 14.3. The average molecular weight is 541 g/mol. The zero-order valence-electron chi connectivity index (χ0n) is 19.3. The Morgan fingerprint density at radius 1 is 1.14 bits per heavy atom. The Balaban J connectivity index is 1.82. The Kier molecular flexibility index (Phi) is 7.82. The minimum absolute atomic E-state index is 0.00906. The highest BCUT2D eigenvalue weighted by Gasteiger charge is 2.40. The predicted octanol–water partition coefficient (Wildman–Crippen LogP) is 4.83. The monoisotopic (exact) mass is 540 g/mol. The van der Waals surface area contributed by atoms with Gasteiger partial charge in [-0.25, -0.2) is 22.9 Å². The molecule has 2 amide bonds. The summed E-state index contributed by atoms with van der Waals surface area (Å²) < 4.78 is 87.0. The number of carbonyl (C=O) groups excluding carboxylic acids is 2. The van der Waals surface area contributed by atoms with Crippen LogP contribution < -0.4 is 5.73 Å². The Bertz CT molecular complexity index is 1170. The van der Waals surface area contributed by atoms with Gasteiger partial charge in [0.15, 0.2) is 16.8 Å². The van der Waals surface area contributed by atoms with E-state index in [4.69, 9.17) is 22.1 Å². The van der Waals surface area contributed by atoms with E-state index >= 15 is 0 Å². The number of halogens is 7. The van der Waals surface area contributed by atoms with Crippen molar-refractivity contribution in [3.8, 4) is 0 Å². The Hall–Kier alpha value is -2.96. The van der Waals surface area contributed by atoms with Crippen LogP contribution in [0.2, 0.25) is 5.15 Å². The summed E-state index contributed by atoms with van der Waals surface area (Å²) in [6.45, 7) is 2.50. The molecule has 3 rings (SSSR count). The van der Waals surface area contributed by atoms with E-state index in [1.807, 2.05) is 0 Å². The molecule has 14 heteroatoms. The highest BCUT2D eigenvalue weighted by atomic mass is 35.5. The normalized spacial score (nSPS) is 15.0. The van der Waals surface area contributed by atoms with Crippen LogP contribution in [0, 0.1) is 23.4 Å². The largest absolute Gasteiger partial charge is 0.449 e. The summed E-state index contributed by atoms with van der Waals surface area (Å²) in [5.41, 5.74) is 3.71. The molecule has 2 aromatic rings. The summed E-state index contributed by atoms with van der Waals surface area (Å²) >= 11 is 5.89. The first-order valence-electron chi connectivity index (χ1n) is 10.8. The van der Waals surface area contributed by atoms with Gasteiger partial charge >= 0.3 is 12.3 Å². The third kappa shape index (κ3) is 6.42. The van der Waals surface area contributed by atoms with Crippen molar-refractivity contribution >= 4 is 23.6 Å². The Labute approximate surface area is 207 Å². The number of aromatic nitrogens is 2. The van der Waals surface area contributed by atoms with Gasteiger partial charge in [0.05, 0.1) is 12.2 Å². The number of amides is 2. The van der Waals surface area contributed by atoms with Crippen LogP contribution in [0.5, 0.6) is 0 Å². The van der Waals surface area contributed by atoms with Crippen molar-refractivity contribution < 1.29 is 40.7 Å². The molecular formula is C22H23ClF6N4O3. The van der Waals surface area contributed by atoms with Crippen molar-refractivity contribution in [2.24, 2.45) is 11.7 Å². The number of primary amides is 1. The van der Waals surface area contributed by atoms with Gasteiger partial charge in [0.1, 0.15) is 11.4 Å². The maximum Gasteiger partial charge on any atom is 0.449 e. The number of carbonyl (C=O) groups is 2. The fraction of sp³-hybridized carbons (Fsp3) is 0.500. The first-order valence-corrected chi connectivity index (χ1v) is 11.2. The fourth-order valence-electron chi connectivity index (χ4n) is 4.39. The molecule has 0 bridgehead atoms. The first kappa shape index (κ1) is 27.6. The molecule has 1 aromatic heterocycles. The number of benzene rings is 1. The van der Waals surface area contributed by atoms with Crippen LogP contribution in [0.4, 0.5) is 31.1 Å². The molecule has 2 heterocycles. The van der Waals surface area contributed by atoms with Gasteiger partial charge in [-0.3, -0.25) is 4.79 Å². The van der Waals surface area contributed by atoms with Crippen LogP contribution in [0.3, 0.4) is 0 Å². The van der Waals surface area contributed by atoms with E-state index < -0.39 is 53.0 Å². The Morgan fingerprint density at radius 3 is 2.39 bits per heavy atom. The lowest BCUT2D eigenvalue weighted by molar-refractivity contribution is -0.148. The smallest absolute Gasteiger partial charge is 0.444 e. The second kappa shape index (κ2) is 10.2. The van der Waals surface area contributed by atoms with Gasteiger partial charge in [-0.05, 0) is 44.2 Å². The molecule has 0 unspecified atom stereocenters. The minimum Gasteiger partial charge on any atom is -0.444 e. The van der Waals surface area contributed by atoms with Crippen molar-refractivity contribution in [3.63, 3.8) is 0 Å². The number of hydrogen-bond donors (Lipinski definition) is 1. The average Bonchev–Trinajstić information content (AvgIpc) is 3.07. The molecule has 7 nitrogen and oxygen atoms in total. The van der Waals surface area contributed by atoms with Crippen LogP contribution in [0.1, 0.15) is 43.8 Å². The summed E-state index contributed by atoms with van der Waals surface area (Å²) in [5, 5.41) is -0.378. The van der Waals surface area contributed by atoms with Crippen molar-refractivity contribution in [2.45, 2.75) is 58.0 Å². The standard InChI is InChI=1S/C22H23ClF6N4O3/c1-21(2,36-20(30)35)9-11(5-12-7-14(25)15(26)8-13(12)24)6-17(34)32-3-4-33-16(10-32)18(23)31-19(33)22(27,28)29/h7-8,11H,3-6,9-10H2,1-2H3,(H2,30,35)/t11-/m0/s1. The van der Waals surface area contributed by atoms with Gasteiger partial charge in [-0.2, -0.15) is 13.2 Å². The third-order valence-electron chi connectivity index (χ3n) is 5.78. The van der Waals surface area contributed by atoms with E-state index in [9.17, 15) is 35.9 Å². The topological polar surface area (TPSA) is 90.4 Å². The van der Waals surface area contributed by atoms with Crippen LogP contribution >= 0.6 is 11.6 Å². The molecule has 2 N–H and O–H groups in total. The molecular weight excluding hydrogens is 518 g/mol. The summed E-state index contributed by atoms with van der Waals surface area (Å²) in [6.07, 6.45) is -6.29. The number of fused-ring (bicyclic) bond motifs is 1. The molecule has 0 fully saturated rings. The number of rotatable bonds is 7.